The lowest BCUT2D eigenvalue weighted by Gasteiger charge is -2.20. The molecule has 2 rings (SSSR count). The van der Waals surface area contributed by atoms with Gasteiger partial charge >= 0.3 is 0 Å². The van der Waals surface area contributed by atoms with Gasteiger partial charge in [0.2, 0.25) is 0 Å². The fourth-order valence-electron chi connectivity index (χ4n) is 2.90. The molecule has 0 saturated heterocycles. The summed E-state index contributed by atoms with van der Waals surface area (Å²) in [7, 11) is 0. The Hall–Kier alpha value is -2.00. The first-order valence-electron chi connectivity index (χ1n) is 8.56. The van der Waals surface area contributed by atoms with Crippen molar-refractivity contribution in [3.63, 3.8) is 0 Å². The number of allylic oxidation sites excluding steroid dienone is 1. The maximum Gasteiger partial charge on any atom is 0.123 e. The SMILES string of the molecule is CCC/C=C/c1c(C(C)C)nc(C)c(CO)c1-c1ccc(F)cc1. The molecule has 0 spiro atoms. The van der Waals surface area contributed by atoms with Crippen LogP contribution in [0.15, 0.2) is 30.3 Å². The second-order valence-electron chi connectivity index (χ2n) is 6.36. The molecule has 0 aliphatic heterocycles. The number of aliphatic hydroxyl groups is 1. The van der Waals surface area contributed by atoms with Crippen LogP contribution in [0.2, 0.25) is 0 Å². The zero-order valence-electron chi connectivity index (χ0n) is 14.9. The molecule has 24 heavy (non-hydrogen) atoms. The van der Waals surface area contributed by atoms with E-state index in [1.54, 1.807) is 12.1 Å². The second-order valence-corrected chi connectivity index (χ2v) is 6.36. The fourth-order valence-corrected chi connectivity index (χ4v) is 2.90. The Morgan fingerprint density at radius 2 is 1.88 bits per heavy atom. The summed E-state index contributed by atoms with van der Waals surface area (Å²) in [6, 6.07) is 6.46. The number of pyridine rings is 1. The van der Waals surface area contributed by atoms with E-state index in [4.69, 9.17) is 4.98 Å². The highest BCUT2D eigenvalue weighted by molar-refractivity contribution is 5.80. The molecule has 2 nitrogen and oxygen atoms in total. The van der Waals surface area contributed by atoms with E-state index in [0.717, 1.165) is 46.5 Å². The summed E-state index contributed by atoms with van der Waals surface area (Å²) < 4.78 is 13.3. The number of aliphatic hydroxyl groups excluding tert-OH is 1. The van der Waals surface area contributed by atoms with Crippen molar-refractivity contribution in [1.29, 1.82) is 0 Å². The lowest BCUT2D eigenvalue weighted by Crippen LogP contribution is -2.07. The Labute approximate surface area is 144 Å². The van der Waals surface area contributed by atoms with Gasteiger partial charge in [0, 0.05) is 16.8 Å². The van der Waals surface area contributed by atoms with Crippen LogP contribution in [0.25, 0.3) is 17.2 Å². The van der Waals surface area contributed by atoms with E-state index in [1.807, 2.05) is 6.92 Å². The van der Waals surface area contributed by atoms with Gasteiger partial charge in [0.15, 0.2) is 0 Å². The van der Waals surface area contributed by atoms with E-state index in [2.05, 4.69) is 32.9 Å². The molecule has 0 atom stereocenters. The highest BCUT2D eigenvalue weighted by Crippen LogP contribution is 2.35. The molecule has 2 aromatic rings. The first-order valence-corrected chi connectivity index (χ1v) is 8.56. The van der Waals surface area contributed by atoms with Gasteiger partial charge < -0.3 is 5.11 Å². The van der Waals surface area contributed by atoms with Crippen molar-refractivity contribution in [1.82, 2.24) is 4.98 Å². The molecule has 3 heteroatoms. The van der Waals surface area contributed by atoms with E-state index in [1.165, 1.54) is 12.1 Å². The highest BCUT2D eigenvalue weighted by atomic mass is 19.1. The van der Waals surface area contributed by atoms with E-state index in [0.29, 0.717) is 0 Å². The van der Waals surface area contributed by atoms with Gasteiger partial charge in [0.1, 0.15) is 5.82 Å². The zero-order chi connectivity index (χ0) is 17.7. The molecule has 0 bridgehead atoms. The Morgan fingerprint density at radius 1 is 1.21 bits per heavy atom. The number of halogens is 1. The Kier molecular flexibility index (Phi) is 6.27. The summed E-state index contributed by atoms with van der Waals surface area (Å²) >= 11 is 0. The van der Waals surface area contributed by atoms with Crippen LogP contribution in [-0.2, 0) is 6.61 Å². The molecule has 1 aromatic heterocycles. The average Bonchev–Trinajstić information content (AvgIpc) is 2.56. The van der Waals surface area contributed by atoms with Crippen molar-refractivity contribution in [3.8, 4) is 11.1 Å². The van der Waals surface area contributed by atoms with Crippen molar-refractivity contribution in [3.05, 3.63) is 58.7 Å². The van der Waals surface area contributed by atoms with Crippen LogP contribution in [0.1, 0.15) is 62.0 Å². The topological polar surface area (TPSA) is 33.1 Å². The van der Waals surface area contributed by atoms with Crippen molar-refractivity contribution in [2.75, 3.05) is 0 Å². The Balaban J connectivity index is 2.77. The zero-order valence-corrected chi connectivity index (χ0v) is 14.9. The molecule has 0 aliphatic rings. The minimum atomic E-state index is -0.262. The van der Waals surface area contributed by atoms with E-state index in [-0.39, 0.29) is 18.3 Å². The number of hydrogen-bond acceptors (Lipinski definition) is 2. The lowest BCUT2D eigenvalue weighted by molar-refractivity contribution is 0.281. The van der Waals surface area contributed by atoms with Crippen LogP contribution < -0.4 is 0 Å². The van der Waals surface area contributed by atoms with Crippen LogP contribution in [-0.4, -0.2) is 10.1 Å². The van der Waals surface area contributed by atoms with Crippen LogP contribution in [0.3, 0.4) is 0 Å². The van der Waals surface area contributed by atoms with Crippen LogP contribution in [0, 0.1) is 12.7 Å². The maximum absolute atomic E-state index is 13.3. The van der Waals surface area contributed by atoms with Crippen LogP contribution in [0.5, 0.6) is 0 Å². The summed E-state index contributed by atoms with van der Waals surface area (Å²) in [5.74, 6) is -0.000785. The minimum absolute atomic E-state index is 0.0848. The molecule has 1 aromatic carbocycles. The molecular weight excluding hydrogens is 301 g/mol. The molecular formula is C21H26FNO. The number of aryl methyl sites for hydroxylation is 1. The Morgan fingerprint density at radius 3 is 2.42 bits per heavy atom. The summed E-state index contributed by atoms with van der Waals surface area (Å²) in [5, 5.41) is 9.90. The average molecular weight is 327 g/mol. The second kappa shape index (κ2) is 8.20. The van der Waals surface area contributed by atoms with Crippen molar-refractivity contribution in [2.45, 2.75) is 53.1 Å². The van der Waals surface area contributed by atoms with Gasteiger partial charge in [-0.2, -0.15) is 0 Å². The molecule has 128 valence electrons. The fraction of sp³-hybridized carbons (Fsp3) is 0.381. The smallest absolute Gasteiger partial charge is 0.123 e. The van der Waals surface area contributed by atoms with Crippen LogP contribution in [0.4, 0.5) is 4.39 Å². The van der Waals surface area contributed by atoms with Gasteiger partial charge in [-0.05, 0) is 42.5 Å². The van der Waals surface area contributed by atoms with Gasteiger partial charge in [-0.25, -0.2) is 4.39 Å². The molecule has 1 N–H and O–H groups in total. The number of rotatable bonds is 6. The van der Waals surface area contributed by atoms with E-state index < -0.39 is 0 Å². The predicted molar refractivity (Wildman–Crippen MR) is 98.3 cm³/mol. The predicted octanol–water partition coefficient (Wildman–Crippen LogP) is 5.63. The molecule has 1 heterocycles. The molecule has 0 radical (unpaired) electrons. The van der Waals surface area contributed by atoms with Crippen molar-refractivity contribution < 1.29 is 9.50 Å². The van der Waals surface area contributed by atoms with Gasteiger partial charge in [0.05, 0.1) is 12.3 Å². The number of hydrogen-bond donors (Lipinski definition) is 1. The Bertz CT molecular complexity index is 718. The minimum Gasteiger partial charge on any atom is -0.392 e. The highest BCUT2D eigenvalue weighted by Gasteiger charge is 2.19. The summed E-state index contributed by atoms with van der Waals surface area (Å²) in [6.07, 6.45) is 6.31. The molecule has 0 unspecified atom stereocenters. The van der Waals surface area contributed by atoms with Crippen LogP contribution >= 0.6 is 0 Å². The van der Waals surface area contributed by atoms with Gasteiger partial charge in [-0.3, -0.25) is 4.98 Å². The largest absolute Gasteiger partial charge is 0.392 e. The quantitative estimate of drug-likeness (QED) is 0.746. The van der Waals surface area contributed by atoms with Crippen molar-refractivity contribution >= 4 is 6.08 Å². The normalized spacial score (nSPS) is 11.6. The summed E-state index contributed by atoms with van der Waals surface area (Å²) in [5.41, 5.74) is 5.54. The number of aromatic nitrogens is 1. The van der Waals surface area contributed by atoms with Gasteiger partial charge in [-0.1, -0.05) is 51.5 Å². The molecule has 0 aliphatic carbocycles. The third-order valence-electron chi connectivity index (χ3n) is 4.15. The maximum atomic E-state index is 13.3. The lowest BCUT2D eigenvalue weighted by atomic mass is 9.89. The third-order valence-corrected chi connectivity index (χ3v) is 4.15. The first kappa shape index (κ1) is 18.3. The van der Waals surface area contributed by atoms with E-state index in [9.17, 15) is 9.50 Å². The third kappa shape index (κ3) is 3.90. The summed E-state index contributed by atoms with van der Waals surface area (Å²) in [6.45, 7) is 8.21. The summed E-state index contributed by atoms with van der Waals surface area (Å²) in [4.78, 5) is 4.74. The van der Waals surface area contributed by atoms with Gasteiger partial charge in [-0.15, -0.1) is 0 Å². The number of unbranched alkanes of at least 4 members (excludes halogenated alkanes) is 1. The van der Waals surface area contributed by atoms with E-state index >= 15 is 0 Å². The standard InChI is InChI=1S/C21H26FNO/c1-5-6-7-8-18-20(16-9-11-17(22)12-10-16)19(13-24)15(4)23-21(18)14(2)3/h7-12,14,24H,5-6,13H2,1-4H3/b8-7+. The molecule has 0 fully saturated rings. The molecule has 0 amide bonds. The molecule has 0 saturated carbocycles. The number of nitrogens with zero attached hydrogens (tertiary/aromatic N) is 1. The van der Waals surface area contributed by atoms with Gasteiger partial charge in [0.25, 0.3) is 0 Å². The number of benzene rings is 1. The monoisotopic (exact) mass is 327 g/mol. The van der Waals surface area contributed by atoms with Crippen molar-refractivity contribution in [2.24, 2.45) is 0 Å². The first-order chi connectivity index (χ1) is 11.5.